The number of Topliss-reactive ketones (excluding diaryl/α,β-unsaturated/α-hetero) is 1. The van der Waals surface area contributed by atoms with Gasteiger partial charge in [-0.2, -0.15) is 32.9 Å². The van der Waals surface area contributed by atoms with Crippen LogP contribution in [0.3, 0.4) is 0 Å². The third kappa shape index (κ3) is 40.0. The minimum Gasteiger partial charge on any atom is -0.354 e. The van der Waals surface area contributed by atoms with E-state index in [9.17, 15) is 14.4 Å². The average molecular weight is 1810 g/mol. The van der Waals surface area contributed by atoms with Crippen LogP contribution in [0.2, 0.25) is 5.02 Å². The normalized spacial score (nSPS) is 9.82. The Labute approximate surface area is 752 Å². The summed E-state index contributed by atoms with van der Waals surface area (Å²) in [5.74, 6) is 0.0584. The highest BCUT2D eigenvalue weighted by molar-refractivity contribution is 9.10. The molecular formula is C99H111BrClN11O3S6. The first kappa shape index (κ1) is 102. The van der Waals surface area contributed by atoms with Crippen LogP contribution >= 0.6 is 95.6 Å². The van der Waals surface area contributed by atoms with Crippen molar-refractivity contribution in [2.24, 2.45) is 28.2 Å². The van der Waals surface area contributed by atoms with Gasteiger partial charge >= 0.3 is 0 Å². The minimum absolute atomic E-state index is 0. The Morgan fingerprint density at radius 3 is 1.45 bits per heavy atom. The van der Waals surface area contributed by atoms with Crippen molar-refractivity contribution in [3.63, 3.8) is 0 Å². The van der Waals surface area contributed by atoms with Gasteiger partial charge in [0, 0.05) is 157 Å². The molecule has 630 valence electrons. The van der Waals surface area contributed by atoms with Gasteiger partial charge < -0.3 is 23.3 Å². The van der Waals surface area contributed by atoms with Crippen molar-refractivity contribution in [2.75, 3.05) is 0 Å². The predicted octanol–water partition coefficient (Wildman–Crippen LogP) is 29.3. The highest BCUT2D eigenvalue weighted by Gasteiger charge is 2.09. The summed E-state index contributed by atoms with van der Waals surface area (Å²) in [5, 5.41) is 27.5. The number of aromatic nitrogens is 11. The number of hydrogen-bond donors (Lipinski definition) is 1. The van der Waals surface area contributed by atoms with Crippen molar-refractivity contribution in [2.45, 2.75) is 83.1 Å². The Morgan fingerprint density at radius 2 is 1.14 bits per heavy atom. The van der Waals surface area contributed by atoms with E-state index in [4.69, 9.17) is 11.6 Å². The fourth-order valence-electron chi connectivity index (χ4n) is 10.2. The molecule has 0 spiro atoms. The van der Waals surface area contributed by atoms with Crippen LogP contribution in [0.1, 0.15) is 107 Å². The first-order valence-corrected chi connectivity index (χ1v) is 44.5. The number of carbonyl (C=O) groups excluding carboxylic acids is 3. The highest BCUT2D eigenvalue weighted by Crippen LogP contribution is 2.22. The second-order valence-electron chi connectivity index (χ2n) is 26.0. The zero-order valence-corrected chi connectivity index (χ0v) is 77.8. The number of halogens is 2. The van der Waals surface area contributed by atoms with Crippen molar-refractivity contribution in [3.8, 4) is 5.69 Å². The van der Waals surface area contributed by atoms with Crippen LogP contribution < -0.4 is 0 Å². The maximum atomic E-state index is 10.8. The van der Waals surface area contributed by atoms with E-state index < -0.39 is 0 Å². The molecule has 0 saturated carbocycles. The molecule has 0 unspecified atom stereocenters. The number of aryl methyl sites for hydroxylation is 10. The second-order valence-corrected chi connectivity index (χ2v) is 33.4. The number of thiophene rings is 5. The second kappa shape index (κ2) is 59.2. The number of fused-ring (bicyclic) bond motifs is 3. The number of aromatic amines is 1. The molecule has 1 N–H and O–H groups in total. The Morgan fingerprint density at radius 1 is 0.545 bits per heavy atom. The molecule has 18 aromatic rings. The fraction of sp³-hybridized carbons (Fsp3) is 0.162. The number of ketones is 1. The molecule has 0 amide bonds. The molecule has 0 aliphatic heterocycles. The average Bonchev–Trinajstić information content (AvgIpc) is 1.67. The van der Waals surface area contributed by atoms with E-state index >= 15 is 0 Å². The molecule has 1 aliphatic carbocycles. The number of rotatable bonds is 6. The van der Waals surface area contributed by atoms with Crippen molar-refractivity contribution >= 4 is 158 Å². The minimum atomic E-state index is 0. The van der Waals surface area contributed by atoms with E-state index in [0.717, 1.165) is 74.2 Å². The summed E-state index contributed by atoms with van der Waals surface area (Å²) in [4.78, 5) is 47.4. The zero-order chi connectivity index (χ0) is 87.2. The summed E-state index contributed by atoms with van der Waals surface area (Å²) in [5.41, 5.74) is 14.1. The first-order chi connectivity index (χ1) is 57.9. The van der Waals surface area contributed by atoms with Gasteiger partial charge in [0.15, 0.2) is 18.4 Å². The van der Waals surface area contributed by atoms with Gasteiger partial charge in [0.2, 0.25) is 0 Å². The Hall–Kier alpha value is -11.5. The number of para-hydroxylation sites is 3. The zero-order valence-electron chi connectivity index (χ0n) is 70.5. The summed E-state index contributed by atoms with van der Waals surface area (Å²) in [6.07, 6.45) is 29.5. The van der Waals surface area contributed by atoms with Gasteiger partial charge in [-0.25, -0.2) is 4.98 Å². The molecule has 19 rings (SSSR count). The molecule has 121 heavy (non-hydrogen) atoms. The van der Waals surface area contributed by atoms with Gasteiger partial charge in [0.25, 0.3) is 0 Å². The van der Waals surface area contributed by atoms with E-state index in [1.807, 2.05) is 196 Å². The third-order valence-corrected chi connectivity index (χ3v) is 22.3. The van der Waals surface area contributed by atoms with Gasteiger partial charge in [-0.1, -0.05) is 178 Å². The molecule has 1 aliphatic rings. The number of benzene rings is 5. The van der Waals surface area contributed by atoms with Gasteiger partial charge in [-0.3, -0.25) is 28.7 Å². The van der Waals surface area contributed by atoms with Gasteiger partial charge in [0.05, 0.1) is 39.8 Å². The smallest absolute Gasteiger partial charge is 0.162 e. The van der Waals surface area contributed by atoms with Crippen LogP contribution in [0.25, 0.3) is 50.0 Å². The van der Waals surface area contributed by atoms with E-state index in [0.29, 0.717) is 5.56 Å². The van der Waals surface area contributed by atoms with Crippen LogP contribution in [-0.4, -0.2) is 71.1 Å². The summed E-state index contributed by atoms with van der Waals surface area (Å²) in [7, 11) is 7.76. The largest absolute Gasteiger partial charge is 0.354 e. The summed E-state index contributed by atoms with van der Waals surface area (Å²) < 4.78 is 12.9. The number of imidazole rings is 1. The quantitative estimate of drug-likeness (QED) is 0.129. The summed E-state index contributed by atoms with van der Waals surface area (Å²) >= 11 is 19.0. The predicted molar refractivity (Wildman–Crippen MR) is 531 cm³/mol. The van der Waals surface area contributed by atoms with Gasteiger partial charge in [-0.05, 0) is 231 Å². The van der Waals surface area contributed by atoms with Crippen LogP contribution in [0.5, 0.6) is 0 Å². The number of H-pyrrole nitrogens is 1. The number of hydrogen-bond acceptors (Lipinski definition) is 13. The number of nitrogens with one attached hydrogen (secondary N) is 1. The summed E-state index contributed by atoms with van der Waals surface area (Å²) in [6.45, 7) is 27.3. The van der Waals surface area contributed by atoms with Crippen LogP contribution in [-0.2, 0) is 28.2 Å². The number of nitrogens with zero attached hydrogens (tertiary/aromatic N) is 10. The Balaban J connectivity index is 0.000000275. The lowest BCUT2D eigenvalue weighted by Crippen LogP contribution is -1.98. The van der Waals surface area contributed by atoms with Crippen LogP contribution in [0.4, 0.5) is 0 Å². The molecule has 5 aromatic carbocycles. The van der Waals surface area contributed by atoms with E-state index in [2.05, 4.69) is 264 Å². The topological polar surface area (TPSA) is 148 Å². The number of aldehydes is 2. The molecule has 22 heteroatoms. The molecule has 14 nitrogen and oxygen atoms in total. The lowest BCUT2D eigenvalue weighted by Gasteiger charge is -2.08. The monoisotopic (exact) mass is 1810 g/mol. The van der Waals surface area contributed by atoms with Crippen molar-refractivity contribution in [1.29, 1.82) is 0 Å². The first-order valence-electron chi connectivity index (χ1n) is 37.9. The standard InChI is InChI=1S/C13H13NO.C11H11N.C10H8.C9H9N.C6H8BrN.C6H8N2O.C6H8N2.C6H6OS.C6H8S.C5H6S.C5H6.C4H3ClS.C4H6N2.C4H4S.C3H3NS.CH4/c1-10-8-12(9-15)11(2)14(10)13-6-4-3-5-7-13;1-9(2)12-8-7-10-5-3-4-6-11(10)12;1-2-6-10-8-4-3-7-9(10)5-1;1-10-7-6-8-4-2-3-5-9(8)10;1-5-6(7)3-4-8(5)2;1-5(9)6-3-7-8(2)4-6;1-3-6-5(2)7-4-8-6;1-5-6(4-7)2-3-8-5;1-5-3-4-6(2)7-5;1-5-3-2-4-6-5;1-2-4-5-3-1;5-4-1-2-6-3-4;1-6-4-2-3-5-6;1-2-4-5-3-1;1-2-5-3-4-1;/h3-9H,1-2H3;3-8H,1H2,2H3;1-8H;2-7H,1H3;3-4H,1-2H3;3-4H,1-2H3;3-4H,1H2,2H3,(H,7,8);2-4H,1H3;3-4H,1-2H3;2-4H,1H3;1-4H,5H2;1-3H;2-4H,1H3;1-4H;1-3H;1H4. The molecule has 13 heterocycles. The Bertz CT molecular complexity index is 5520. The molecule has 0 radical (unpaired) electrons. The maximum absolute atomic E-state index is 10.8. The molecule has 0 atom stereocenters. The molecule has 13 aromatic heterocycles. The maximum Gasteiger partial charge on any atom is 0.162 e. The van der Waals surface area contributed by atoms with Crippen molar-refractivity contribution in [3.05, 3.63) is 417 Å². The molecule has 0 saturated heterocycles. The Kier molecular flexibility index (Phi) is 49.9. The lowest BCUT2D eigenvalue weighted by atomic mass is 10.1. The summed E-state index contributed by atoms with van der Waals surface area (Å²) in [6, 6.07) is 69.6. The van der Waals surface area contributed by atoms with Crippen molar-refractivity contribution < 1.29 is 14.4 Å². The molecule has 0 bridgehead atoms. The van der Waals surface area contributed by atoms with Gasteiger partial charge in [0.1, 0.15) is 0 Å². The number of carbonyl (C=O) groups is 3. The highest BCUT2D eigenvalue weighted by atomic mass is 79.9. The van der Waals surface area contributed by atoms with Crippen molar-refractivity contribution in [1.82, 2.24) is 52.8 Å². The van der Waals surface area contributed by atoms with Gasteiger partial charge in [-0.15, -0.1) is 45.3 Å². The van der Waals surface area contributed by atoms with E-state index in [1.165, 1.54) is 64.3 Å². The SMILES string of the molecule is C.C1=CCC=C1.C=C(C)n1ccc2ccccc21.C=Cc1nc[nH]c1C.CC(=O)c1cnn(C)c1.Cc1c(Br)ccn1C.Cc1cc(C=O)c(C)n1-c1ccccc1.Cc1ccc(C)s1.Cc1cccs1.Cc1sccc1C=O.Clc1ccsc1.Cn1ccc2ccccc21.Cn1cccn1.c1ccc2ccccc2c1.c1ccsc1.c1cscn1. The van der Waals surface area contributed by atoms with E-state index in [-0.39, 0.29) is 13.2 Å². The lowest BCUT2D eigenvalue weighted by molar-refractivity contribution is 0.101. The third-order valence-electron chi connectivity index (χ3n) is 16.7. The number of thiazole rings is 1. The molecule has 0 fully saturated rings. The van der Waals surface area contributed by atoms with Crippen LogP contribution in [0.15, 0.2) is 347 Å². The number of allylic oxidation sites excluding steroid dienone is 5. The molecular weight excluding hydrogens is 1700 g/mol. The van der Waals surface area contributed by atoms with E-state index in [1.54, 1.807) is 116 Å². The van der Waals surface area contributed by atoms with Crippen LogP contribution in [0, 0.1) is 55.4 Å². The fourth-order valence-corrected chi connectivity index (χ4v) is 14.2.